The lowest BCUT2D eigenvalue weighted by Crippen LogP contribution is -2.13. The fourth-order valence-corrected chi connectivity index (χ4v) is 2.88. The first-order valence-corrected chi connectivity index (χ1v) is 8.75. The zero-order chi connectivity index (χ0) is 19.9. The lowest BCUT2D eigenvalue weighted by atomic mass is 10.2. The number of rotatable bonds is 5. The number of nitrogens with zero attached hydrogens (tertiary/aromatic N) is 5. The Bertz CT molecular complexity index is 1000. The topological polar surface area (TPSA) is 77.6 Å². The molecule has 1 amide bonds. The Hall–Kier alpha value is -3.17. The van der Waals surface area contributed by atoms with Gasteiger partial charge in [0.1, 0.15) is 0 Å². The molecule has 28 heavy (non-hydrogen) atoms. The Morgan fingerprint density at radius 2 is 1.96 bits per heavy atom. The first kappa shape index (κ1) is 18.2. The van der Waals surface area contributed by atoms with Gasteiger partial charge in [0.25, 0.3) is 5.91 Å². The summed E-state index contributed by atoms with van der Waals surface area (Å²) in [5, 5.41) is 14.7. The Labute approximate surface area is 158 Å². The van der Waals surface area contributed by atoms with Gasteiger partial charge in [-0.3, -0.25) is 9.48 Å². The van der Waals surface area contributed by atoms with E-state index in [1.54, 1.807) is 17.8 Å². The number of halogens is 3. The van der Waals surface area contributed by atoms with E-state index in [0.717, 1.165) is 18.7 Å². The maximum Gasteiger partial charge on any atom is 0.416 e. The van der Waals surface area contributed by atoms with Gasteiger partial charge in [-0.25, -0.2) is 4.68 Å². The van der Waals surface area contributed by atoms with Gasteiger partial charge in [-0.2, -0.15) is 18.3 Å². The molecule has 0 unspecified atom stereocenters. The molecule has 0 radical (unpaired) electrons. The van der Waals surface area contributed by atoms with E-state index in [2.05, 4.69) is 20.7 Å². The molecule has 1 fully saturated rings. The summed E-state index contributed by atoms with van der Waals surface area (Å²) in [6, 6.07) is 4.59. The Morgan fingerprint density at radius 1 is 1.25 bits per heavy atom. The van der Waals surface area contributed by atoms with Crippen LogP contribution in [0.25, 0.3) is 5.69 Å². The fourth-order valence-electron chi connectivity index (χ4n) is 2.88. The maximum absolute atomic E-state index is 12.7. The number of hydrogen-bond donors (Lipinski definition) is 1. The van der Waals surface area contributed by atoms with Crippen molar-refractivity contribution in [2.75, 3.05) is 5.32 Å². The summed E-state index contributed by atoms with van der Waals surface area (Å²) in [7, 11) is 0. The van der Waals surface area contributed by atoms with E-state index in [1.807, 2.05) is 0 Å². The smallest absolute Gasteiger partial charge is 0.304 e. The predicted octanol–water partition coefficient (Wildman–Crippen LogP) is 3.45. The monoisotopic (exact) mass is 390 g/mol. The highest BCUT2D eigenvalue weighted by atomic mass is 19.4. The lowest BCUT2D eigenvalue weighted by molar-refractivity contribution is -0.137. The first-order valence-electron chi connectivity index (χ1n) is 8.75. The third-order valence-electron chi connectivity index (χ3n) is 4.62. The van der Waals surface area contributed by atoms with E-state index in [4.69, 9.17) is 0 Å². The number of anilines is 1. The van der Waals surface area contributed by atoms with E-state index in [1.165, 1.54) is 35.9 Å². The van der Waals surface area contributed by atoms with Crippen molar-refractivity contribution in [2.45, 2.75) is 32.5 Å². The number of hydrogen-bond acceptors (Lipinski definition) is 4. The molecule has 0 saturated heterocycles. The molecule has 4 rings (SSSR count). The molecule has 2 heterocycles. The van der Waals surface area contributed by atoms with Gasteiger partial charge in [0.15, 0.2) is 5.82 Å². The molecule has 0 bridgehead atoms. The lowest BCUT2D eigenvalue weighted by Gasteiger charge is -2.09. The van der Waals surface area contributed by atoms with Crippen molar-refractivity contribution in [3.05, 3.63) is 53.5 Å². The van der Waals surface area contributed by atoms with Gasteiger partial charge in [-0.15, -0.1) is 5.10 Å². The molecular formula is C18H17F3N6O. The van der Waals surface area contributed by atoms with Crippen molar-refractivity contribution in [1.29, 1.82) is 0 Å². The average Bonchev–Trinajstić information content (AvgIpc) is 3.21. The maximum atomic E-state index is 12.7. The second-order valence-corrected chi connectivity index (χ2v) is 6.82. The van der Waals surface area contributed by atoms with Gasteiger partial charge in [-0.1, -0.05) is 5.21 Å². The van der Waals surface area contributed by atoms with Crippen molar-refractivity contribution >= 4 is 11.7 Å². The van der Waals surface area contributed by atoms with Gasteiger partial charge in [0.2, 0.25) is 0 Å². The van der Waals surface area contributed by atoms with Crippen LogP contribution < -0.4 is 5.32 Å². The highest BCUT2D eigenvalue weighted by Gasteiger charge is 2.30. The largest absolute Gasteiger partial charge is 0.416 e. The number of alkyl halides is 3. The quantitative estimate of drug-likeness (QED) is 0.724. The Morgan fingerprint density at radius 3 is 2.61 bits per heavy atom. The number of amides is 1. The summed E-state index contributed by atoms with van der Waals surface area (Å²) in [6.45, 7) is 2.46. The highest BCUT2D eigenvalue weighted by molar-refractivity contribution is 6.04. The summed E-state index contributed by atoms with van der Waals surface area (Å²) in [4.78, 5) is 12.5. The minimum atomic E-state index is -4.40. The van der Waals surface area contributed by atoms with E-state index >= 15 is 0 Å². The van der Waals surface area contributed by atoms with Gasteiger partial charge in [0.05, 0.1) is 34.9 Å². The number of nitrogens with one attached hydrogen (secondary N) is 1. The van der Waals surface area contributed by atoms with Gasteiger partial charge in [0, 0.05) is 6.54 Å². The summed E-state index contributed by atoms with van der Waals surface area (Å²) in [5.74, 6) is 0.566. The second kappa shape index (κ2) is 6.77. The molecule has 1 aliphatic carbocycles. The van der Waals surface area contributed by atoms with E-state index in [0.29, 0.717) is 28.7 Å². The molecule has 1 aromatic carbocycles. The van der Waals surface area contributed by atoms with Crippen LogP contribution in [0.2, 0.25) is 0 Å². The molecule has 3 aromatic rings. The van der Waals surface area contributed by atoms with Crippen LogP contribution >= 0.6 is 0 Å². The molecule has 0 atom stereocenters. The fraction of sp³-hybridized carbons (Fsp3) is 0.333. The molecule has 1 N–H and O–H groups in total. The first-order chi connectivity index (χ1) is 13.3. The van der Waals surface area contributed by atoms with Crippen LogP contribution in [0.3, 0.4) is 0 Å². The third kappa shape index (κ3) is 3.75. The summed E-state index contributed by atoms with van der Waals surface area (Å²) >= 11 is 0. The van der Waals surface area contributed by atoms with Crippen molar-refractivity contribution < 1.29 is 18.0 Å². The number of benzene rings is 1. The number of aromatic nitrogens is 5. The third-order valence-corrected chi connectivity index (χ3v) is 4.62. The van der Waals surface area contributed by atoms with E-state index in [-0.39, 0.29) is 0 Å². The van der Waals surface area contributed by atoms with Crippen LogP contribution in [0.1, 0.15) is 34.5 Å². The highest BCUT2D eigenvalue weighted by Crippen LogP contribution is 2.31. The number of carbonyl (C=O) groups is 1. The second-order valence-electron chi connectivity index (χ2n) is 6.82. The molecular weight excluding hydrogens is 373 g/mol. The zero-order valence-electron chi connectivity index (χ0n) is 14.9. The van der Waals surface area contributed by atoms with Crippen LogP contribution in [0.4, 0.5) is 19.0 Å². The molecule has 0 spiro atoms. The molecule has 146 valence electrons. The summed E-state index contributed by atoms with van der Waals surface area (Å²) < 4.78 is 41.2. The van der Waals surface area contributed by atoms with E-state index < -0.39 is 17.6 Å². The Balaban J connectivity index is 1.49. The number of carbonyl (C=O) groups excluding carboxylic acids is 1. The van der Waals surface area contributed by atoms with E-state index in [9.17, 15) is 18.0 Å². The van der Waals surface area contributed by atoms with Crippen LogP contribution in [-0.4, -0.2) is 30.7 Å². The van der Waals surface area contributed by atoms with Crippen molar-refractivity contribution in [1.82, 2.24) is 24.8 Å². The van der Waals surface area contributed by atoms with Gasteiger partial charge in [-0.05, 0) is 49.9 Å². The average molecular weight is 390 g/mol. The molecule has 2 aromatic heterocycles. The van der Waals surface area contributed by atoms with Crippen LogP contribution in [0.5, 0.6) is 0 Å². The zero-order valence-corrected chi connectivity index (χ0v) is 14.9. The van der Waals surface area contributed by atoms with Crippen molar-refractivity contribution in [3.8, 4) is 5.69 Å². The normalized spacial score (nSPS) is 14.3. The van der Waals surface area contributed by atoms with Crippen LogP contribution in [-0.2, 0) is 12.7 Å². The molecule has 1 aliphatic rings. The standard InChI is InChI=1S/C18H17F3N6O/c1-11-15(17(28)23-16-10-26(25-24-16)9-12-2-3-12)8-22-27(11)14-6-4-13(5-7-14)18(19,20)21/h4-8,10,12H,2-3,9H2,1H3,(H,23,28). The van der Waals surface area contributed by atoms with Crippen molar-refractivity contribution in [3.63, 3.8) is 0 Å². The summed E-state index contributed by atoms with van der Waals surface area (Å²) in [5.41, 5.74) is 0.493. The SMILES string of the molecule is Cc1c(C(=O)Nc2cn(CC3CC3)nn2)cnn1-c1ccc(C(F)(F)F)cc1. The minimum Gasteiger partial charge on any atom is -0.304 e. The molecule has 0 aliphatic heterocycles. The predicted molar refractivity (Wildman–Crippen MR) is 94.0 cm³/mol. The van der Waals surface area contributed by atoms with Crippen LogP contribution in [0.15, 0.2) is 36.7 Å². The molecule has 7 nitrogen and oxygen atoms in total. The molecule has 1 saturated carbocycles. The van der Waals surface area contributed by atoms with Crippen molar-refractivity contribution in [2.24, 2.45) is 5.92 Å². The van der Waals surface area contributed by atoms with Crippen LogP contribution in [0, 0.1) is 12.8 Å². The van der Waals surface area contributed by atoms with Gasteiger partial charge < -0.3 is 5.32 Å². The minimum absolute atomic E-state index is 0.302. The Kier molecular flexibility index (Phi) is 4.40. The van der Waals surface area contributed by atoms with Gasteiger partial charge >= 0.3 is 6.18 Å². The molecule has 10 heteroatoms. The summed E-state index contributed by atoms with van der Waals surface area (Å²) in [6.07, 6.45) is 1.01.